The van der Waals surface area contributed by atoms with Crippen LogP contribution in [0.4, 0.5) is 0 Å². The van der Waals surface area contributed by atoms with Crippen molar-refractivity contribution in [3.05, 3.63) is 0 Å². The first kappa shape index (κ1) is 20.4. The molecule has 0 bridgehead atoms. The maximum absolute atomic E-state index is 8.69. The molecule has 1 saturated carbocycles. The molecule has 2 heteroatoms. The highest BCUT2D eigenvalue weighted by molar-refractivity contribution is 7.99. The van der Waals surface area contributed by atoms with Crippen LogP contribution in [0.15, 0.2) is 0 Å². The van der Waals surface area contributed by atoms with Crippen LogP contribution in [0, 0.1) is 5.92 Å². The van der Waals surface area contributed by atoms with E-state index in [0.717, 1.165) is 11.7 Å². The van der Waals surface area contributed by atoms with Crippen LogP contribution in [-0.2, 0) is 0 Å². The lowest BCUT2D eigenvalue weighted by Gasteiger charge is -2.21. The van der Waals surface area contributed by atoms with Crippen molar-refractivity contribution in [2.24, 2.45) is 5.92 Å². The van der Waals surface area contributed by atoms with E-state index in [1.165, 1.54) is 108 Å². The van der Waals surface area contributed by atoms with Gasteiger partial charge in [-0.1, -0.05) is 96.3 Å². The van der Waals surface area contributed by atoms with E-state index in [4.69, 9.17) is 5.11 Å². The second kappa shape index (κ2) is 16.2. The second-order valence-electron chi connectivity index (χ2n) is 7.16. The maximum atomic E-state index is 8.69. The summed E-state index contributed by atoms with van der Waals surface area (Å²) >= 11 is 1.89. The van der Waals surface area contributed by atoms with Crippen molar-refractivity contribution in [1.82, 2.24) is 0 Å². The Bertz CT molecular complexity index is 214. The first-order chi connectivity index (χ1) is 10.9. The Kier molecular flexibility index (Phi) is 15.0. The van der Waals surface area contributed by atoms with Gasteiger partial charge >= 0.3 is 0 Å². The maximum Gasteiger partial charge on any atom is 0.0521 e. The molecule has 0 aromatic carbocycles. The molecule has 1 N–H and O–H groups in total. The fraction of sp³-hybridized carbons (Fsp3) is 1.00. The fourth-order valence-electron chi connectivity index (χ4n) is 3.69. The minimum absolute atomic E-state index is 0.339. The smallest absolute Gasteiger partial charge is 0.0521 e. The first-order valence-electron chi connectivity index (χ1n) is 10.1. The van der Waals surface area contributed by atoms with Crippen molar-refractivity contribution in [3.63, 3.8) is 0 Å². The Hall–Kier alpha value is 0.310. The summed E-state index contributed by atoms with van der Waals surface area (Å²) in [6.07, 6.45) is 23.5. The van der Waals surface area contributed by atoms with E-state index in [-0.39, 0.29) is 0 Å². The third-order valence-electron chi connectivity index (χ3n) is 5.11. The van der Waals surface area contributed by atoms with E-state index in [2.05, 4.69) is 0 Å². The summed E-state index contributed by atoms with van der Waals surface area (Å²) in [6.45, 7) is 0.339. The quantitative estimate of drug-likeness (QED) is 0.342. The molecule has 1 fully saturated rings. The SMILES string of the molecule is OCCSCCCCCCCCCCCCC1CCCCC1. The lowest BCUT2D eigenvalue weighted by Crippen LogP contribution is -2.05. The van der Waals surface area contributed by atoms with Crippen molar-refractivity contribution in [1.29, 1.82) is 0 Å². The highest BCUT2D eigenvalue weighted by atomic mass is 32.2. The van der Waals surface area contributed by atoms with Crippen molar-refractivity contribution in [3.8, 4) is 0 Å². The predicted octanol–water partition coefficient (Wildman–Crippen LogP) is 6.58. The van der Waals surface area contributed by atoms with Gasteiger partial charge in [-0.05, 0) is 18.1 Å². The number of aliphatic hydroxyl groups is 1. The molecule has 0 amide bonds. The highest BCUT2D eigenvalue weighted by Crippen LogP contribution is 2.28. The van der Waals surface area contributed by atoms with Gasteiger partial charge in [0.05, 0.1) is 6.61 Å². The number of unbranched alkanes of at least 4 members (excludes halogenated alkanes) is 9. The first-order valence-corrected chi connectivity index (χ1v) is 11.3. The number of thioether (sulfide) groups is 1. The molecular formula is C20H40OS. The zero-order valence-electron chi connectivity index (χ0n) is 14.9. The minimum atomic E-state index is 0.339. The Morgan fingerprint density at radius 2 is 1.18 bits per heavy atom. The van der Waals surface area contributed by atoms with E-state index in [0.29, 0.717) is 6.61 Å². The molecule has 132 valence electrons. The third kappa shape index (κ3) is 12.8. The molecule has 1 rings (SSSR count). The fourth-order valence-corrected chi connectivity index (χ4v) is 4.44. The van der Waals surface area contributed by atoms with Gasteiger partial charge in [-0.3, -0.25) is 0 Å². The summed E-state index contributed by atoms with van der Waals surface area (Å²) in [5, 5.41) is 8.69. The molecule has 0 unspecified atom stereocenters. The summed E-state index contributed by atoms with van der Waals surface area (Å²) < 4.78 is 0. The van der Waals surface area contributed by atoms with E-state index in [1.54, 1.807) is 0 Å². The minimum Gasteiger partial charge on any atom is -0.396 e. The van der Waals surface area contributed by atoms with Crippen LogP contribution in [-0.4, -0.2) is 23.2 Å². The Morgan fingerprint density at radius 3 is 1.77 bits per heavy atom. The van der Waals surface area contributed by atoms with Crippen molar-refractivity contribution < 1.29 is 5.11 Å². The summed E-state index contributed by atoms with van der Waals surface area (Å²) in [6, 6.07) is 0. The van der Waals surface area contributed by atoms with E-state index in [1.807, 2.05) is 11.8 Å². The average Bonchev–Trinajstić information content (AvgIpc) is 2.56. The zero-order chi connectivity index (χ0) is 15.7. The summed E-state index contributed by atoms with van der Waals surface area (Å²) in [4.78, 5) is 0. The lowest BCUT2D eigenvalue weighted by atomic mass is 9.85. The van der Waals surface area contributed by atoms with Crippen molar-refractivity contribution in [2.75, 3.05) is 18.1 Å². The van der Waals surface area contributed by atoms with Gasteiger partial charge < -0.3 is 5.11 Å². The predicted molar refractivity (Wildman–Crippen MR) is 102 cm³/mol. The molecule has 0 heterocycles. The molecule has 1 nitrogen and oxygen atoms in total. The standard InChI is InChI=1S/C20H40OS/c21-17-19-22-18-13-8-6-4-2-1-3-5-7-10-14-20-15-11-9-12-16-20/h20-21H,1-19H2. The lowest BCUT2D eigenvalue weighted by molar-refractivity contribution is 0.322. The van der Waals surface area contributed by atoms with Gasteiger partial charge in [-0.15, -0.1) is 0 Å². The monoisotopic (exact) mass is 328 g/mol. The van der Waals surface area contributed by atoms with Crippen LogP contribution in [0.2, 0.25) is 0 Å². The van der Waals surface area contributed by atoms with Gasteiger partial charge in [0.2, 0.25) is 0 Å². The second-order valence-corrected chi connectivity index (χ2v) is 8.39. The molecule has 0 radical (unpaired) electrons. The average molecular weight is 329 g/mol. The van der Waals surface area contributed by atoms with Gasteiger partial charge in [0.25, 0.3) is 0 Å². The van der Waals surface area contributed by atoms with E-state index < -0.39 is 0 Å². The topological polar surface area (TPSA) is 20.2 Å². The molecule has 0 aliphatic heterocycles. The van der Waals surface area contributed by atoms with Crippen LogP contribution in [0.25, 0.3) is 0 Å². The molecule has 1 aliphatic rings. The van der Waals surface area contributed by atoms with Gasteiger partial charge in [0.15, 0.2) is 0 Å². The summed E-state index contributed by atoms with van der Waals surface area (Å²) in [7, 11) is 0. The highest BCUT2D eigenvalue weighted by Gasteiger charge is 2.12. The number of hydrogen-bond donors (Lipinski definition) is 1. The Morgan fingerprint density at radius 1 is 0.636 bits per heavy atom. The largest absolute Gasteiger partial charge is 0.396 e. The molecule has 0 atom stereocenters. The van der Waals surface area contributed by atoms with Crippen LogP contribution >= 0.6 is 11.8 Å². The van der Waals surface area contributed by atoms with E-state index >= 15 is 0 Å². The number of aliphatic hydroxyl groups excluding tert-OH is 1. The van der Waals surface area contributed by atoms with Crippen LogP contribution in [0.1, 0.15) is 103 Å². The van der Waals surface area contributed by atoms with Crippen molar-refractivity contribution >= 4 is 11.8 Å². The van der Waals surface area contributed by atoms with E-state index in [9.17, 15) is 0 Å². The summed E-state index contributed by atoms with van der Waals surface area (Å²) in [5.74, 6) is 3.24. The molecular weight excluding hydrogens is 288 g/mol. The van der Waals surface area contributed by atoms with Gasteiger partial charge in [-0.25, -0.2) is 0 Å². The number of hydrogen-bond acceptors (Lipinski definition) is 2. The molecule has 0 spiro atoms. The molecule has 0 saturated heterocycles. The van der Waals surface area contributed by atoms with Gasteiger partial charge in [-0.2, -0.15) is 11.8 Å². The third-order valence-corrected chi connectivity index (χ3v) is 6.16. The zero-order valence-corrected chi connectivity index (χ0v) is 15.7. The molecule has 0 aromatic heterocycles. The molecule has 0 aromatic rings. The summed E-state index contributed by atoms with van der Waals surface area (Å²) in [5.41, 5.74) is 0. The Labute approximate surface area is 144 Å². The van der Waals surface area contributed by atoms with Crippen molar-refractivity contribution in [2.45, 2.75) is 103 Å². The molecule has 22 heavy (non-hydrogen) atoms. The Balaban J connectivity index is 1.68. The van der Waals surface area contributed by atoms with Crippen LogP contribution in [0.5, 0.6) is 0 Å². The van der Waals surface area contributed by atoms with Crippen LogP contribution < -0.4 is 0 Å². The number of rotatable bonds is 15. The normalized spacial score (nSPS) is 16.2. The van der Waals surface area contributed by atoms with Crippen LogP contribution in [0.3, 0.4) is 0 Å². The van der Waals surface area contributed by atoms with Gasteiger partial charge in [0.1, 0.15) is 0 Å². The van der Waals surface area contributed by atoms with Gasteiger partial charge in [0, 0.05) is 5.75 Å². The molecule has 1 aliphatic carbocycles.